The molecule has 2 aromatic rings. The molecular formula is C17H20N4O5S. The molecule has 1 aliphatic heterocycles. The fraction of sp³-hybridized carbons (Fsp3) is 0.353. The normalized spacial score (nSPS) is 13.5. The molecule has 0 bridgehead atoms. The molecule has 0 atom stereocenters. The van der Waals surface area contributed by atoms with Crippen LogP contribution in [0.2, 0.25) is 0 Å². The highest BCUT2D eigenvalue weighted by Crippen LogP contribution is 2.30. The lowest BCUT2D eigenvalue weighted by Gasteiger charge is -2.15. The van der Waals surface area contributed by atoms with E-state index in [1.165, 1.54) is 13.0 Å². The summed E-state index contributed by atoms with van der Waals surface area (Å²) in [5.74, 6) is 0.396. The lowest BCUT2D eigenvalue weighted by Crippen LogP contribution is -2.28. The van der Waals surface area contributed by atoms with Crippen molar-refractivity contribution in [1.29, 1.82) is 0 Å². The van der Waals surface area contributed by atoms with E-state index in [4.69, 9.17) is 4.52 Å². The average Bonchev–Trinajstić information content (AvgIpc) is 3.20. The Morgan fingerprint density at radius 1 is 1.30 bits per heavy atom. The number of hydrogen-bond acceptors (Lipinski definition) is 6. The van der Waals surface area contributed by atoms with Crippen molar-refractivity contribution in [3.8, 4) is 0 Å². The zero-order chi connectivity index (χ0) is 19.6. The number of nitrogens with zero attached hydrogens (tertiary/aromatic N) is 2. The Kier molecular flexibility index (Phi) is 5.29. The smallest absolute Gasteiger partial charge is 0.240 e. The number of rotatable bonds is 6. The van der Waals surface area contributed by atoms with Crippen molar-refractivity contribution in [1.82, 2.24) is 9.88 Å². The zero-order valence-electron chi connectivity index (χ0n) is 15.0. The van der Waals surface area contributed by atoms with Crippen LogP contribution in [0, 0.1) is 6.92 Å². The number of aryl methyl sites for hydroxylation is 1. The lowest BCUT2D eigenvalue weighted by atomic mass is 10.2. The minimum atomic E-state index is -3.75. The highest BCUT2D eigenvalue weighted by atomic mass is 32.2. The van der Waals surface area contributed by atoms with Gasteiger partial charge in [-0.3, -0.25) is 9.59 Å². The molecule has 3 rings (SSSR count). The van der Waals surface area contributed by atoms with Crippen LogP contribution in [-0.4, -0.2) is 38.5 Å². The maximum atomic E-state index is 12.4. The summed E-state index contributed by atoms with van der Waals surface area (Å²) >= 11 is 0. The first-order valence-electron chi connectivity index (χ1n) is 8.40. The first kappa shape index (κ1) is 19.1. The van der Waals surface area contributed by atoms with E-state index in [-0.39, 0.29) is 35.5 Å². The topological polar surface area (TPSA) is 122 Å². The number of carbonyl (C=O) groups excluding carboxylic acids is 2. The number of benzene rings is 1. The molecule has 144 valence electrons. The van der Waals surface area contributed by atoms with Crippen LogP contribution in [0.5, 0.6) is 0 Å². The fourth-order valence-corrected chi connectivity index (χ4v) is 3.97. The number of hydrogen-bond donors (Lipinski definition) is 2. The molecule has 2 amide bonds. The van der Waals surface area contributed by atoms with Crippen LogP contribution in [0.4, 0.5) is 11.5 Å². The summed E-state index contributed by atoms with van der Waals surface area (Å²) in [6.45, 7) is 3.67. The second kappa shape index (κ2) is 7.49. The van der Waals surface area contributed by atoms with Crippen LogP contribution in [0.15, 0.2) is 33.7 Å². The van der Waals surface area contributed by atoms with Crippen LogP contribution in [0.1, 0.15) is 24.7 Å². The summed E-state index contributed by atoms with van der Waals surface area (Å²) in [5, 5.41) is 6.16. The predicted octanol–water partition coefficient (Wildman–Crippen LogP) is 1.20. The number of amides is 2. The van der Waals surface area contributed by atoms with Crippen molar-refractivity contribution in [2.75, 3.05) is 23.3 Å². The Labute approximate surface area is 156 Å². The number of sulfonamides is 1. The molecule has 0 saturated heterocycles. The highest BCUT2D eigenvalue weighted by Gasteiger charge is 2.24. The van der Waals surface area contributed by atoms with Gasteiger partial charge in [0.05, 0.1) is 4.90 Å². The molecule has 1 aromatic carbocycles. The fourth-order valence-electron chi connectivity index (χ4n) is 2.89. The Balaban J connectivity index is 1.59. The van der Waals surface area contributed by atoms with E-state index < -0.39 is 10.0 Å². The molecule has 0 saturated carbocycles. The molecule has 27 heavy (non-hydrogen) atoms. The van der Waals surface area contributed by atoms with Gasteiger partial charge in [-0.15, -0.1) is 0 Å². The van der Waals surface area contributed by atoms with Crippen LogP contribution >= 0.6 is 0 Å². The van der Waals surface area contributed by atoms with Gasteiger partial charge in [0.15, 0.2) is 5.82 Å². The number of aromatic nitrogens is 1. The second-order valence-corrected chi connectivity index (χ2v) is 8.00. The molecule has 0 spiro atoms. The standard InChI is InChI=1S/C17H20N4O5S/c1-11-9-16(20-26-11)19-17(23)5-7-18-27(24,25)14-3-4-15-13(10-14)6-8-21(15)12(2)22/h3-4,9-10,18H,5-8H2,1-2H3,(H,19,20,23). The van der Waals surface area contributed by atoms with Gasteiger partial charge in [-0.25, -0.2) is 13.1 Å². The van der Waals surface area contributed by atoms with Crippen molar-refractivity contribution in [2.24, 2.45) is 0 Å². The predicted molar refractivity (Wildman–Crippen MR) is 97.8 cm³/mol. The molecule has 0 radical (unpaired) electrons. The molecular weight excluding hydrogens is 372 g/mol. The van der Waals surface area contributed by atoms with E-state index >= 15 is 0 Å². The summed E-state index contributed by atoms with van der Waals surface area (Å²) in [5.41, 5.74) is 1.55. The number of carbonyl (C=O) groups is 2. The quantitative estimate of drug-likeness (QED) is 0.762. The van der Waals surface area contributed by atoms with Crippen LogP contribution in [0.3, 0.4) is 0 Å². The van der Waals surface area contributed by atoms with Gasteiger partial charge in [0.2, 0.25) is 21.8 Å². The van der Waals surface area contributed by atoms with Crippen molar-refractivity contribution in [3.05, 3.63) is 35.6 Å². The Morgan fingerprint density at radius 3 is 2.74 bits per heavy atom. The van der Waals surface area contributed by atoms with Gasteiger partial charge in [0, 0.05) is 38.2 Å². The van der Waals surface area contributed by atoms with E-state index in [2.05, 4.69) is 15.2 Å². The molecule has 0 unspecified atom stereocenters. The third-order valence-corrected chi connectivity index (χ3v) is 5.64. The Hall–Kier alpha value is -2.72. The summed E-state index contributed by atoms with van der Waals surface area (Å²) < 4.78 is 32.1. The Morgan fingerprint density at radius 2 is 2.07 bits per heavy atom. The van der Waals surface area contributed by atoms with Crippen LogP contribution < -0.4 is 14.9 Å². The zero-order valence-corrected chi connectivity index (χ0v) is 15.8. The summed E-state index contributed by atoms with van der Waals surface area (Å²) in [4.78, 5) is 25.1. The van der Waals surface area contributed by atoms with Gasteiger partial charge in [0.25, 0.3) is 0 Å². The highest BCUT2D eigenvalue weighted by molar-refractivity contribution is 7.89. The summed E-state index contributed by atoms with van der Waals surface area (Å²) in [6, 6.07) is 6.23. The number of fused-ring (bicyclic) bond motifs is 1. The van der Waals surface area contributed by atoms with Gasteiger partial charge in [0.1, 0.15) is 5.76 Å². The first-order valence-corrected chi connectivity index (χ1v) is 9.88. The van der Waals surface area contributed by atoms with Crippen LogP contribution in [-0.2, 0) is 26.0 Å². The van der Waals surface area contributed by atoms with E-state index in [9.17, 15) is 18.0 Å². The average molecular weight is 392 g/mol. The molecule has 0 aliphatic carbocycles. The molecule has 1 aliphatic rings. The molecule has 9 nitrogen and oxygen atoms in total. The van der Waals surface area contributed by atoms with Gasteiger partial charge in [-0.1, -0.05) is 5.16 Å². The van der Waals surface area contributed by atoms with Crippen molar-refractivity contribution in [3.63, 3.8) is 0 Å². The second-order valence-electron chi connectivity index (χ2n) is 6.23. The number of anilines is 2. The third-order valence-electron chi connectivity index (χ3n) is 4.18. The van der Waals surface area contributed by atoms with Gasteiger partial charge in [-0.2, -0.15) is 0 Å². The van der Waals surface area contributed by atoms with Crippen molar-refractivity contribution < 1.29 is 22.5 Å². The SMILES string of the molecule is CC(=O)N1CCc2cc(S(=O)(=O)NCCC(=O)Nc3cc(C)on3)ccc21. The minimum Gasteiger partial charge on any atom is -0.360 e. The van der Waals surface area contributed by atoms with E-state index in [0.29, 0.717) is 18.7 Å². The summed E-state index contributed by atoms with van der Waals surface area (Å²) in [7, 11) is -3.75. The lowest BCUT2D eigenvalue weighted by molar-refractivity contribution is -0.117. The van der Waals surface area contributed by atoms with Gasteiger partial charge >= 0.3 is 0 Å². The minimum absolute atomic E-state index is 0.0474. The largest absolute Gasteiger partial charge is 0.360 e. The maximum Gasteiger partial charge on any atom is 0.240 e. The summed E-state index contributed by atoms with van der Waals surface area (Å²) in [6.07, 6.45) is 0.561. The van der Waals surface area contributed by atoms with Gasteiger partial charge < -0.3 is 14.7 Å². The Bertz CT molecular complexity index is 983. The molecule has 2 heterocycles. The van der Waals surface area contributed by atoms with E-state index in [0.717, 1.165) is 11.3 Å². The van der Waals surface area contributed by atoms with E-state index in [1.807, 2.05) is 0 Å². The molecule has 2 N–H and O–H groups in total. The molecule has 1 aromatic heterocycles. The number of nitrogens with one attached hydrogen (secondary N) is 2. The van der Waals surface area contributed by atoms with Crippen molar-refractivity contribution in [2.45, 2.75) is 31.6 Å². The molecule has 10 heteroatoms. The third kappa shape index (κ3) is 4.34. The first-order chi connectivity index (χ1) is 12.8. The maximum absolute atomic E-state index is 12.4. The van der Waals surface area contributed by atoms with Gasteiger partial charge in [-0.05, 0) is 37.1 Å². The van der Waals surface area contributed by atoms with E-state index in [1.54, 1.807) is 30.0 Å². The monoisotopic (exact) mass is 392 g/mol. The van der Waals surface area contributed by atoms with Crippen molar-refractivity contribution >= 4 is 33.3 Å². The molecule has 0 fully saturated rings. The van der Waals surface area contributed by atoms with Crippen LogP contribution in [0.25, 0.3) is 0 Å².